The van der Waals surface area contributed by atoms with Crippen molar-refractivity contribution in [3.8, 4) is 5.75 Å². The number of halogens is 2. The van der Waals surface area contributed by atoms with Crippen LogP contribution in [0.5, 0.6) is 5.75 Å². The minimum atomic E-state index is 0.249. The van der Waals surface area contributed by atoms with Gasteiger partial charge in [0.1, 0.15) is 12.4 Å². The average Bonchev–Trinajstić information content (AvgIpc) is 2.51. The minimum absolute atomic E-state index is 0.249. The lowest BCUT2D eigenvalue weighted by atomic mass is 10.0. The molecule has 1 atom stereocenters. The molecule has 112 valence electrons. The molecule has 0 radical (unpaired) electrons. The first-order valence-corrected chi connectivity index (χ1v) is 7.82. The van der Waals surface area contributed by atoms with Crippen LogP contribution in [-0.2, 0) is 0 Å². The van der Waals surface area contributed by atoms with Crippen molar-refractivity contribution in [2.75, 3.05) is 13.2 Å². The van der Waals surface area contributed by atoms with Crippen LogP contribution in [0.15, 0.2) is 48.5 Å². The fourth-order valence-electron chi connectivity index (χ4n) is 2.15. The van der Waals surface area contributed by atoms with E-state index in [2.05, 4.69) is 12.2 Å². The molecule has 0 spiro atoms. The zero-order valence-corrected chi connectivity index (χ0v) is 13.5. The Hall–Kier alpha value is -1.22. The first-order chi connectivity index (χ1) is 10.2. The highest BCUT2D eigenvalue weighted by atomic mass is 35.5. The number of hydrogen-bond donors (Lipinski definition) is 1. The molecule has 1 unspecified atom stereocenters. The molecule has 4 heteroatoms. The number of rotatable bonds is 7. The van der Waals surface area contributed by atoms with E-state index in [-0.39, 0.29) is 6.04 Å². The van der Waals surface area contributed by atoms with Crippen LogP contribution in [0.2, 0.25) is 10.0 Å². The van der Waals surface area contributed by atoms with Crippen LogP contribution in [0.3, 0.4) is 0 Å². The van der Waals surface area contributed by atoms with Gasteiger partial charge in [-0.05, 0) is 36.2 Å². The van der Waals surface area contributed by atoms with Crippen molar-refractivity contribution in [3.05, 3.63) is 64.1 Å². The molecule has 0 bridgehead atoms. The van der Waals surface area contributed by atoms with Crippen molar-refractivity contribution in [3.63, 3.8) is 0 Å². The molecule has 2 aromatic rings. The summed E-state index contributed by atoms with van der Waals surface area (Å²) in [6.45, 7) is 3.54. The van der Waals surface area contributed by atoms with Gasteiger partial charge in [0, 0.05) is 12.6 Å². The molecule has 0 aliphatic rings. The highest BCUT2D eigenvalue weighted by Gasteiger charge is 2.10. The predicted octanol–water partition coefficient (Wildman–Crippen LogP) is 5.11. The molecule has 0 aromatic heterocycles. The smallest absolute Gasteiger partial charge is 0.119 e. The Bertz CT molecular complexity index is 560. The minimum Gasteiger partial charge on any atom is -0.492 e. The maximum Gasteiger partial charge on any atom is 0.119 e. The van der Waals surface area contributed by atoms with E-state index in [1.165, 1.54) is 0 Å². The third kappa shape index (κ3) is 4.92. The standard InChI is InChI=1S/C17H19Cl2NO/c1-2-17(13-8-9-15(18)16(19)12-13)20-10-11-21-14-6-4-3-5-7-14/h3-9,12,17,20H,2,10-11H2,1H3. The van der Waals surface area contributed by atoms with Gasteiger partial charge in [-0.1, -0.05) is 54.4 Å². The Labute approximate surface area is 136 Å². The van der Waals surface area contributed by atoms with E-state index in [9.17, 15) is 0 Å². The normalized spacial score (nSPS) is 12.1. The van der Waals surface area contributed by atoms with Crippen molar-refractivity contribution in [2.24, 2.45) is 0 Å². The first-order valence-electron chi connectivity index (χ1n) is 7.07. The van der Waals surface area contributed by atoms with Crippen LogP contribution in [0.1, 0.15) is 24.9 Å². The summed E-state index contributed by atoms with van der Waals surface area (Å²) in [5.74, 6) is 0.891. The van der Waals surface area contributed by atoms with E-state index >= 15 is 0 Å². The number of hydrogen-bond acceptors (Lipinski definition) is 2. The van der Waals surface area contributed by atoms with Crippen LogP contribution in [0, 0.1) is 0 Å². The second kappa shape index (κ2) is 8.28. The van der Waals surface area contributed by atoms with Crippen molar-refractivity contribution >= 4 is 23.2 Å². The lowest BCUT2D eigenvalue weighted by Crippen LogP contribution is -2.25. The monoisotopic (exact) mass is 323 g/mol. The second-order valence-electron chi connectivity index (χ2n) is 4.75. The molecular weight excluding hydrogens is 305 g/mol. The van der Waals surface area contributed by atoms with Crippen molar-refractivity contribution in [1.29, 1.82) is 0 Å². The highest BCUT2D eigenvalue weighted by Crippen LogP contribution is 2.26. The largest absolute Gasteiger partial charge is 0.492 e. The van der Waals surface area contributed by atoms with Crippen LogP contribution in [-0.4, -0.2) is 13.2 Å². The molecule has 2 nitrogen and oxygen atoms in total. The van der Waals surface area contributed by atoms with Gasteiger partial charge in [-0.3, -0.25) is 0 Å². The van der Waals surface area contributed by atoms with Gasteiger partial charge in [-0.2, -0.15) is 0 Å². The van der Waals surface area contributed by atoms with Gasteiger partial charge >= 0.3 is 0 Å². The third-order valence-electron chi connectivity index (χ3n) is 3.26. The van der Waals surface area contributed by atoms with Gasteiger partial charge in [-0.15, -0.1) is 0 Å². The number of para-hydroxylation sites is 1. The molecule has 0 aliphatic carbocycles. The second-order valence-corrected chi connectivity index (χ2v) is 5.56. The molecule has 21 heavy (non-hydrogen) atoms. The van der Waals surface area contributed by atoms with Gasteiger partial charge in [0.05, 0.1) is 10.0 Å². The predicted molar refractivity (Wildman–Crippen MR) is 89.4 cm³/mol. The average molecular weight is 324 g/mol. The first kappa shape index (κ1) is 16.2. The van der Waals surface area contributed by atoms with E-state index in [0.29, 0.717) is 16.7 Å². The summed E-state index contributed by atoms with van der Waals surface area (Å²) < 4.78 is 5.67. The lowest BCUT2D eigenvalue weighted by molar-refractivity contribution is 0.304. The van der Waals surface area contributed by atoms with E-state index in [1.807, 2.05) is 48.5 Å². The van der Waals surface area contributed by atoms with Crippen molar-refractivity contribution in [2.45, 2.75) is 19.4 Å². The third-order valence-corrected chi connectivity index (χ3v) is 4.00. The van der Waals surface area contributed by atoms with Gasteiger partial charge in [0.25, 0.3) is 0 Å². The molecule has 0 saturated heterocycles. The Morgan fingerprint density at radius 1 is 1.05 bits per heavy atom. The maximum atomic E-state index is 6.07. The summed E-state index contributed by atoms with van der Waals surface area (Å²) in [5, 5.41) is 4.65. The van der Waals surface area contributed by atoms with E-state index in [0.717, 1.165) is 24.3 Å². The Balaban J connectivity index is 1.83. The maximum absolute atomic E-state index is 6.07. The number of benzene rings is 2. The molecule has 0 fully saturated rings. The quantitative estimate of drug-likeness (QED) is 0.714. The molecule has 1 N–H and O–H groups in total. The SMILES string of the molecule is CCC(NCCOc1ccccc1)c1ccc(Cl)c(Cl)c1. The molecule has 2 aromatic carbocycles. The molecule has 0 aliphatic heterocycles. The van der Waals surface area contributed by atoms with Gasteiger partial charge < -0.3 is 10.1 Å². The van der Waals surface area contributed by atoms with E-state index < -0.39 is 0 Å². The zero-order valence-electron chi connectivity index (χ0n) is 12.0. The van der Waals surface area contributed by atoms with Gasteiger partial charge in [0.15, 0.2) is 0 Å². The summed E-state index contributed by atoms with van der Waals surface area (Å²) in [7, 11) is 0. The Morgan fingerprint density at radius 3 is 2.48 bits per heavy atom. The van der Waals surface area contributed by atoms with E-state index in [4.69, 9.17) is 27.9 Å². The highest BCUT2D eigenvalue weighted by molar-refractivity contribution is 6.42. The van der Waals surface area contributed by atoms with Crippen molar-refractivity contribution < 1.29 is 4.74 Å². The topological polar surface area (TPSA) is 21.3 Å². The van der Waals surface area contributed by atoms with E-state index in [1.54, 1.807) is 0 Å². The van der Waals surface area contributed by atoms with Crippen LogP contribution in [0.4, 0.5) is 0 Å². The zero-order chi connectivity index (χ0) is 15.1. The summed E-state index contributed by atoms with van der Waals surface area (Å²) in [6.07, 6.45) is 0.975. The Morgan fingerprint density at radius 2 is 1.81 bits per heavy atom. The molecule has 2 rings (SSSR count). The summed E-state index contributed by atoms with van der Waals surface area (Å²) >= 11 is 12.0. The summed E-state index contributed by atoms with van der Waals surface area (Å²) in [5.41, 5.74) is 1.15. The summed E-state index contributed by atoms with van der Waals surface area (Å²) in [6, 6.07) is 15.8. The number of nitrogens with one attached hydrogen (secondary N) is 1. The summed E-state index contributed by atoms with van der Waals surface area (Å²) in [4.78, 5) is 0. The van der Waals surface area contributed by atoms with Gasteiger partial charge in [0.2, 0.25) is 0 Å². The van der Waals surface area contributed by atoms with Crippen molar-refractivity contribution in [1.82, 2.24) is 5.32 Å². The molecule has 0 heterocycles. The fraction of sp³-hybridized carbons (Fsp3) is 0.294. The number of ether oxygens (including phenoxy) is 1. The molecular formula is C17H19Cl2NO. The molecule has 0 saturated carbocycles. The Kier molecular flexibility index (Phi) is 6.37. The fourth-order valence-corrected chi connectivity index (χ4v) is 2.45. The van der Waals surface area contributed by atoms with Gasteiger partial charge in [-0.25, -0.2) is 0 Å². The lowest BCUT2D eigenvalue weighted by Gasteiger charge is -2.18. The van der Waals surface area contributed by atoms with Crippen LogP contribution in [0.25, 0.3) is 0 Å². The molecule has 0 amide bonds. The van der Waals surface area contributed by atoms with Crippen LogP contribution >= 0.6 is 23.2 Å². The van der Waals surface area contributed by atoms with Crippen LogP contribution < -0.4 is 10.1 Å².